The SMILES string of the molecule is C=CCNC(=O)C(=O)C(CCCC)NC(=O)C1C2C(CN1C(=O)[C@@H](NC(=O)N[C@H](CN1CCCCC1=O)C(C)(C)C)C1(C)CCCCC1)C2(C)C. The number of Topliss-reactive ketones (excluding diaryl/α,β-unsaturated/α-hetero) is 1. The van der Waals surface area contributed by atoms with Gasteiger partial charge in [0.25, 0.3) is 5.91 Å². The Morgan fingerprint density at radius 2 is 1.67 bits per heavy atom. The molecule has 2 aliphatic carbocycles. The van der Waals surface area contributed by atoms with Crippen molar-refractivity contribution in [2.45, 2.75) is 143 Å². The zero-order valence-corrected chi connectivity index (χ0v) is 32.2. The third kappa shape index (κ3) is 9.33. The minimum atomic E-state index is -1.02. The highest BCUT2D eigenvalue weighted by Gasteiger charge is 2.70. The van der Waals surface area contributed by atoms with E-state index in [2.05, 4.69) is 48.6 Å². The molecule has 2 saturated heterocycles. The molecule has 0 aromatic rings. The summed E-state index contributed by atoms with van der Waals surface area (Å²) in [4.78, 5) is 85.0. The maximum absolute atomic E-state index is 14.8. The standard InChI is InChI=1S/C39H64N6O6/c1-9-11-17-26(31(47)34(49)40-21-10-2)41-33(48)30-29-25(38(29,6)7)23-45(30)35(50)32(39(8)19-14-12-15-20-39)43-36(51)42-27(37(3,4)5)24-44-22-16-13-18-28(44)46/h10,25-27,29-30,32H,2,9,11-24H2,1,3-8H3,(H,40,49)(H,41,48)(H2,42,43,51)/t25?,26?,27-,29?,30?,32-/m1/s1. The van der Waals surface area contributed by atoms with Crippen LogP contribution in [0, 0.1) is 28.1 Å². The summed E-state index contributed by atoms with van der Waals surface area (Å²) in [5.74, 6) is -2.15. The number of carbonyl (C=O) groups is 6. The molecule has 4 unspecified atom stereocenters. The quantitative estimate of drug-likeness (QED) is 0.148. The van der Waals surface area contributed by atoms with Crippen LogP contribution < -0.4 is 21.3 Å². The van der Waals surface area contributed by atoms with Gasteiger partial charge in [-0.3, -0.25) is 24.0 Å². The van der Waals surface area contributed by atoms with Crippen molar-refractivity contribution in [3.8, 4) is 0 Å². The van der Waals surface area contributed by atoms with E-state index in [1.54, 1.807) is 4.90 Å². The van der Waals surface area contributed by atoms with Gasteiger partial charge in [-0.1, -0.05) is 86.6 Å². The predicted octanol–water partition coefficient (Wildman–Crippen LogP) is 4.08. The second-order valence-corrected chi connectivity index (χ2v) is 17.4. The number of carbonyl (C=O) groups excluding carboxylic acids is 6. The molecule has 4 aliphatic rings. The number of likely N-dealkylation sites (tertiary alicyclic amines) is 2. The molecule has 51 heavy (non-hydrogen) atoms. The fourth-order valence-electron chi connectivity index (χ4n) is 8.65. The van der Waals surface area contributed by atoms with Gasteiger partial charge in [-0.05, 0) is 60.2 Å². The molecule has 4 rings (SSSR count). The molecule has 6 amide bonds. The maximum atomic E-state index is 14.8. The van der Waals surface area contributed by atoms with E-state index < -0.39 is 47.2 Å². The summed E-state index contributed by atoms with van der Waals surface area (Å²) in [6, 6.07) is -3.55. The van der Waals surface area contributed by atoms with E-state index in [0.29, 0.717) is 38.9 Å². The Balaban J connectivity index is 1.58. The molecule has 0 spiro atoms. The van der Waals surface area contributed by atoms with Crippen LogP contribution in [0.2, 0.25) is 0 Å². The molecule has 12 nitrogen and oxygen atoms in total. The minimum absolute atomic E-state index is 0.0938. The first kappa shape index (κ1) is 40.3. The smallest absolute Gasteiger partial charge is 0.315 e. The molecule has 0 bridgehead atoms. The summed E-state index contributed by atoms with van der Waals surface area (Å²) in [7, 11) is 0. The number of urea groups is 1. The number of hydrogen-bond acceptors (Lipinski definition) is 6. The van der Waals surface area contributed by atoms with Crippen LogP contribution in [0.3, 0.4) is 0 Å². The zero-order valence-electron chi connectivity index (χ0n) is 32.2. The van der Waals surface area contributed by atoms with E-state index in [1.165, 1.54) is 6.08 Å². The summed E-state index contributed by atoms with van der Waals surface area (Å²) in [6.07, 6.45) is 9.96. The van der Waals surface area contributed by atoms with Gasteiger partial charge in [0.05, 0.1) is 12.1 Å². The van der Waals surface area contributed by atoms with Crippen molar-refractivity contribution < 1.29 is 28.8 Å². The Labute approximate surface area is 305 Å². The number of unbranched alkanes of at least 4 members (excludes halogenated alkanes) is 1. The van der Waals surface area contributed by atoms with Crippen LogP contribution in [0.15, 0.2) is 12.7 Å². The molecule has 2 saturated carbocycles. The lowest BCUT2D eigenvalue weighted by molar-refractivity contribution is -0.146. The topological polar surface area (TPSA) is 157 Å². The summed E-state index contributed by atoms with van der Waals surface area (Å²) in [5.41, 5.74) is -1.06. The van der Waals surface area contributed by atoms with Crippen molar-refractivity contribution in [3.05, 3.63) is 12.7 Å². The number of fused-ring (bicyclic) bond motifs is 1. The molecular weight excluding hydrogens is 648 g/mol. The molecule has 0 aromatic heterocycles. The Morgan fingerprint density at radius 3 is 2.27 bits per heavy atom. The van der Waals surface area contributed by atoms with Crippen molar-refractivity contribution in [2.24, 2.45) is 28.1 Å². The van der Waals surface area contributed by atoms with E-state index in [4.69, 9.17) is 0 Å². The van der Waals surface area contributed by atoms with Gasteiger partial charge < -0.3 is 31.1 Å². The van der Waals surface area contributed by atoms with Crippen LogP contribution in [-0.4, -0.2) is 95.6 Å². The number of rotatable bonds is 15. The van der Waals surface area contributed by atoms with Crippen molar-refractivity contribution in [3.63, 3.8) is 0 Å². The molecule has 0 radical (unpaired) electrons. The Hall–Kier alpha value is -3.44. The highest BCUT2D eigenvalue weighted by Crippen LogP contribution is 2.65. The average Bonchev–Trinajstić information content (AvgIpc) is 3.38. The normalized spacial score (nSPS) is 25.5. The number of ketones is 1. The molecule has 286 valence electrons. The van der Waals surface area contributed by atoms with Gasteiger partial charge in [-0.15, -0.1) is 6.58 Å². The monoisotopic (exact) mass is 712 g/mol. The van der Waals surface area contributed by atoms with Gasteiger partial charge in [0.1, 0.15) is 12.1 Å². The van der Waals surface area contributed by atoms with Crippen LogP contribution in [0.25, 0.3) is 0 Å². The fraction of sp³-hybridized carbons (Fsp3) is 0.795. The molecule has 4 fully saturated rings. The van der Waals surface area contributed by atoms with Crippen molar-refractivity contribution in [1.29, 1.82) is 0 Å². The van der Waals surface area contributed by atoms with Crippen molar-refractivity contribution in [1.82, 2.24) is 31.1 Å². The average molecular weight is 713 g/mol. The molecular formula is C39H64N6O6. The molecule has 2 aliphatic heterocycles. The van der Waals surface area contributed by atoms with Crippen LogP contribution in [0.1, 0.15) is 119 Å². The number of piperidine rings is 2. The van der Waals surface area contributed by atoms with E-state index in [-0.39, 0.29) is 47.1 Å². The van der Waals surface area contributed by atoms with Crippen LogP contribution in [0.5, 0.6) is 0 Å². The molecule has 12 heteroatoms. The maximum Gasteiger partial charge on any atom is 0.315 e. The molecule has 6 atom stereocenters. The number of hydrogen-bond donors (Lipinski definition) is 4. The van der Waals surface area contributed by atoms with Crippen molar-refractivity contribution in [2.75, 3.05) is 26.2 Å². The summed E-state index contributed by atoms with van der Waals surface area (Å²) >= 11 is 0. The summed E-state index contributed by atoms with van der Waals surface area (Å²) in [5, 5.41) is 11.6. The lowest BCUT2D eigenvalue weighted by Gasteiger charge is -2.44. The summed E-state index contributed by atoms with van der Waals surface area (Å²) in [6.45, 7) is 19.4. The van der Waals surface area contributed by atoms with Crippen LogP contribution in [0.4, 0.5) is 4.79 Å². The Morgan fingerprint density at radius 1 is 0.980 bits per heavy atom. The highest BCUT2D eigenvalue weighted by molar-refractivity contribution is 6.38. The first-order valence-electron chi connectivity index (χ1n) is 19.3. The third-order valence-corrected chi connectivity index (χ3v) is 12.3. The van der Waals surface area contributed by atoms with Gasteiger partial charge in [-0.2, -0.15) is 0 Å². The number of nitrogens with zero attached hydrogens (tertiary/aromatic N) is 2. The first-order valence-corrected chi connectivity index (χ1v) is 19.3. The minimum Gasteiger partial charge on any atom is -0.346 e. The lowest BCUT2D eigenvalue weighted by Crippen LogP contribution is -2.64. The van der Waals surface area contributed by atoms with Crippen LogP contribution in [-0.2, 0) is 24.0 Å². The zero-order chi connectivity index (χ0) is 37.7. The van der Waals surface area contributed by atoms with Crippen LogP contribution >= 0.6 is 0 Å². The van der Waals surface area contributed by atoms with E-state index in [0.717, 1.165) is 51.4 Å². The fourth-order valence-corrected chi connectivity index (χ4v) is 8.65. The molecule has 2 heterocycles. The Kier molecular flexibility index (Phi) is 13.0. The molecule has 4 N–H and O–H groups in total. The van der Waals surface area contributed by atoms with Gasteiger partial charge in [0.2, 0.25) is 23.5 Å². The second kappa shape index (κ2) is 16.5. The van der Waals surface area contributed by atoms with E-state index >= 15 is 0 Å². The predicted molar refractivity (Wildman–Crippen MR) is 196 cm³/mol. The first-order chi connectivity index (χ1) is 24.0. The molecule has 0 aromatic carbocycles. The van der Waals surface area contributed by atoms with Gasteiger partial charge >= 0.3 is 6.03 Å². The van der Waals surface area contributed by atoms with Gasteiger partial charge in [0, 0.05) is 32.6 Å². The van der Waals surface area contributed by atoms with E-state index in [1.807, 2.05) is 32.6 Å². The van der Waals surface area contributed by atoms with Crippen molar-refractivity contribution >= 4 is 35.4 Å². The lowest BCUT2D eigenvalue weighted by atomic mass is 9.70. The van der Waals surface area contributed by atoms with Gasteiger partial charge in [-0.25, -0.2) is 4.79 Å². The second-order valence-electron chi connectivity index (χ2n) is 17.4. The summed E-state index contributed by atoms with van der Waals surface area (Å²) < 4.78 is 0. The van der Waals surface area contributed by atoms with Gasteiger partial charge in [0.15, 0.2) is 0 Å². The largest absolute Gasteiger partial charge is 0.346 e. The number of nitrogens with one attached hydrogen (secondary N) is 4. The number of amides is 6. The Bertz CT molecular complexity index is 1330. The highest BCUT2D eigenvalue weighted by atomic mass is 16.2. The third-order valence-electron chi connectivity index (χ3n) is 12.3. The van der Waals surface area contributed by atoms with E-state index in [9.17, 15) is 28.8 Å².